The van der Waals surface area contributed by atoms with Gasteiger partial charge in [0.2, 0.25) is 15.2 Å². The molecule has 10 nitrogen and oxygen atoms in total. The van der Waals surface area contributed by atoms with E-state index in [2.05, 4.69) is 20.2 Å². The van der Waals surface area contributed by atoms with Crippen molar-refractivity contribution in [2.75, 3.05) is 5.75 Å². The van der Waals surface area contributed by atoms with Gasteiger partial charge in [0.1, 0.15) is 0 Å². The zero-order valence-electron chi connectivity index (χ0n) is 21.3. The number of tetrazole rings is 1. The number of sulfonamides is 1. The predicted octanol–water partition coefficient (Wildman–Crippen LogP) is 3.52. The number of nitrogens with one attached hydrogen (secondary N) is 1. The standard InChI is InChI=1S/C27H29N5O5S2/c1-32-27(29-30-31-32)38-18-23-15-25(21-11-9-20(17-33)10-12-21)37-26(36-23)22-13-7-19(8-14-22)16-28-39(34,35)24-5-3-2-4-6-24/h2-14,23,25-26,28,33H,15-18H2,1H3/t23-,25+,26+/m0/s1. The lowest BCUT2D eigenvalue weighted by atomic mass is 10.0. The monoisotopic (exact) mass is 567 g/mol. The summed E-state index contributed by atoms with van der Waals surface area (Å²) in [4.78, 5) is 0.227. The molecule has 0 amide bonds. The second kappa shape index (κ2) is 12.4. The SMILES string of the molecule is Cn1nnnc1SC[C@@H]1C[C@H](c2ccc(CO)cc2)O[C@H](c2ccc(CNS(=O)(=O)c3ccccc3)cc2)O1. The van der Waals surface area contributed by atoms with Gasteiger partial charge in [-0.05, 0) is 39.2 Å². The van der Waals surface area contributed by atoms with Crippen molar-refractivity contribution in [2.45, 2.75) is 48.1 Å². The first kappa shape index (κ1) is 27.4. The van der Waals surface area contributed by atoms with Crippen molar-refractivity contribution in [2.24, 2.45) is 7.05 Å². The van der Waals surface area contributed by atoms with Gasteiger partial charge in [-0.15, -0.1) is 5.10 Å². The number of hydrogen-bond acceptors (Lipinski definition) is 9. The van der Waals surface area contributed by atoms with E-state index in [1.165, 1.54) is 11.8 Å². The lowest BCUT2D eigenvalue weighted by Gasteiger charge is -2.36. The number of ether oxygens (including phenoxy) is 2. The molecule has 204 valence electrons. The molecule has 3 atom stereocenters. The van der Waals surface area contributed by atoms with Crippen molar-refractivity contribution in [1.29, 1.82) is 0 Å². The van der Waals surface area contributed by atoms with Crippen LogP contribution < -0.4 is 4.72 Å². The van der Waals surface area contributed by atoms with E-state index < -0.39 is 16.3 Å². The van der Waals surface area contributed by atoms with Crippen LogP contribution in [-0.4, -0.2) is 45.6 Å². The van der Waals surface area contributed by atoms with E-state index in [0.29, 0.717) is 17.3 Å². The molecule has 1 aliphatic heterocycles. The van der Waals surface area contributed by atoms with Gasteiger partial charge in [0, 0.05) is 31.3 Å². The Morgan fingerprint density at radius 3 is 2.33 bits per heavy atom. The second-order valence-electron chi connectivity index (χ2n) is 9.13. The number of nitrogens with zero attached hydrogens (tertiary/aromatic N) is 4. The number of rotatable bonds is 10. The van der Waals surface area contributed by atoms with E-state index in [1.807, 2.05) is 48.5 Å². The predicted molar refractivity (Wildman–Crippen MR) is 145 cm³/mol. The molecule has 5 rings (SSSR count). The Morgan fingerprint density at radius 1 is 0.974 bits per heavy atom. The molecule has 0 bridgehead atoms. The van der Waals surface area contributed by atoms with Gasteiger partial charge in [-0.1, -0.05) is 78.5 Å². The largest absolute Gasteiger partial charge is 0.392 e. The van der Waals surface area contributed by atoms with Gasteiger partial charge >= 0.3 is 0 Å². The number of aliphatic hydroxyl groups excluding tert-OH is 1. The number of aryl methyl sites for hydroxylation is 1. The van der Waals surface area contributed by atoms with Gasteiger partial charge in [0.25, 0.3) is 0 Å². The van der Waals surface area contributed by atoms with Crippen LogP contribution in [0.15, 0.2) is 88.9 Å². The fourth-order valence-electron chi connectivity index (χ4n) is 4.19. The summed E-state index contributed by atoms with van der Waals surface area (Å²) >= 11 is 1.52. The van der Waals surface area contributed by atoms with Gasteiger partial charge in [-0.2, -0.15) is 0 Å². The number of hydrogen-bond donors (Lipinski definition) is 2. The lowest BCUT2D eigenvalue weighted by molar-refractivity contribution is -0.245. The van der Waals surface area contributed by atoms with Crippen LogP contribution in [-0.2, 0) is 39.7 Å². The van der Waals surface area contributed by atoms with Crippen LogP contribution in [0.25, 0.3) is 0 Å². The molecule has 2 heterocycles. The molecule has 0 unspecified atom stereocenters. The smallest absolute Gasteiger partial charge is 0.240 e. The molecule has 0 saturated carbocycles. The topological polar surface area (TPSA) is 128 Å². The highest BCUT2D eigenvalue weighted by Gasteiger charge is 2.32. The summed E-state index contributed by atoms with van der Waals surface area (Å²) in [5.74, 6) is 0.638. The van der Waals surface area contributed by atoms with Crippen LogP contribution in [0.5, 0.6) is 0 Å². The highest BCUT2D eigenvalue weighted by atomic mass is 32.2. The van der Waals surface area contributed by atoms with E-state index in [-0.39, 0.29) is 30.3 Å². The molecule has 0 aliphatic carbocycles. The Kier molecular flexibility index (Phi) is 8.70. The lowest BCUT2D eigenvalue weighted by Crippen LogP contribution is -2.31. The quantitative estimate of drug-likeness (QED) is 0.277. The average molecular weight is 568 g/mol. The van der Waals surface area contributed by atoms with Crippen molar-refractivity contribution < 1.29 is 23.0 Å². The summed E-state index contributed by atoms with van der Waals surface area (Å²) < 4.78 is 42.1. The molecular formula is C27H29N5O5S2. The fraction of sp³-hybridized carbons (Fsp3) is 0.296. The fourth-order valence-corrected chi connectivity index (χ4v) is 6.09. The molecule has 1 aliphatic rings. The molecule has 39 heavy (non-hydrogen) atoms. The highest BCUT2D eigenvalue weighted by molar-refractivity contribution is 7.99. The maximum Gasteiger partial charge on any atom is 0.240 e. The highest BCUT2D eigenvalue weighted by Crippen LogP contribution is 2.39. The van der Waals surface area contributed by atoms with Crippen LogP contribution in [0.4, 0.5) is 0 Å². The zero-order valence-corrected chi connectivity index (χ0v) is 22.9. The van der Waals surface area contributed by atoms with Gasteiger partial charge in [-0.3, -0.25) is 0 Å². The van der Waals surface area contributed by atoms with Crippen molar-refractivity contribution in [1.82, 2.24) is 24.9 Å². The molecule has 1 fully saturated rings. The van der Waals surface area contributed by atoms with E-state index in [4.69, 9.17) is 9.47 Å². The van der Waals surface area contributed by atoms with E-state index >= 15 is 0 Å². The average Bonchev–Trinajstić information content (AvgIpc) is 3.40. The first-order valence-electron chi connectivity index (χ1n) is 12.4. The number of thioether (sulfide) groups is 1. The van der Waals surface area contributed by atoms with Crippen molar-refractivity contribution in [3.05, 3.63) is 101 Å². The van der Waals surface area contributed by atoms with Crippen LogP contribution in [0, 0.1) is 0 Å². The Balaban J connectivity index is 1.29. The van der Waals surface area contributed by atoms with E-state index in [0.717, 1.165) is 22.3 Å². The first-order valence-corrected chi connectivity index (χ1v) is 14.9. The minimum absolute atomic E-state index is 0.0175. The van der Waals surface area contributed by atoms with E-state index in [1.54, 1.807) is 42.1 Å². The summed E-state index contributed by atoms with van der Waals surface area (Å²) in [5.41, 5.74) is 3.48. The molecule has 12 heteroatoms. The number of aromatic nitrogens is 4. The molecule has 1 aromatic heterocycles. The minimum Gasteiger partial charge on any atom is -0.392 e. The van der Waals surface area contributed by atoms with Crippen molar-refractivity contribution in [3.63, 3.8) is 0 Å². The van der Waals surface area contributed by atoms with Gasteiger partial charge in [0.05, 0.1) is 23.7 Å². The molecular weight excluding hydrogens is 538 g/mol. The summed E-state index contributed by atoms with van der Waals surface area (Å²) in [6.45, 7) is 0.144. The zero-order chi connectivity index (χ0) is 27.2. The summed E-state index contributed by atoms with van der Waals surface area (Å²) in [7, 11) is -1.81. The molecule has 0 radical (unpaired) electrons. The number of aliphatic hydroxyl groups is 1. The van der Waals surface area contributed by atoms with Gasteiger partial charge in [0.15, 0.2) is 6.29 Å². The molecule has 1 saturated heterocycles. The van der Waals surface area contributed by atoms with Crippen molar-refractivity contribution in [3.8, 4) is 0 Å². The van der Waals surface area contributed by atoms with E-state index in [9.17, 15) is 13.5 Å². The minimum atomic E-state index is -3.60. The van der Waals surface area contributed by atoms with Crippen molar-refractivity contribution >= 4 is 21.8 Å². The van der Waals surface area contributed by atoms with Crippen LogP contribution in [0.1, 0.15) is 41.1 Å². The maximum absolute atomic E-state index is 12.6. The number of benzene rings is 3. The van der Waals surface area contributed by atoms with Crippen LogP contribution in [0.3, 0.4) is 0 Å². The van der Waals surface area contributed by atoms with Gasteiger partial charge in [-0.25, -0.2) is 17.8 Å². The maximum atomic E-state index is 12.6. The normalized spacial score (nSPS) is 19.7. The Hall–Kier alpha value is -3.13. The molecule has 4 aromatic rings. The Labute approximate surface area is 231 Å². The third-order valence-electron chi connectivity index (χ3n) is 6.37. The second-order valence-corrected chi connectivity index (χ2v) is 11.9. The van der Waals surface area contributed by atoms with Crippen LogP contribution >= 0.6 is 11.8 Å². The summed E-state index contributed by atoms with van der Waals surface area (Å²) in [5, 5.41) is 21.7. The third kappa shape index (κ3) is 6.90. The van der Waals surface area contributed by atoms with Gasteiger partial charge < -0.3 is 14.6 Å². The molecule has 0 spiro atoms. The third-order valence-corrected chi connectivity index (χ3v) is 8.93. The summed E-state index contributed by atoms with van der Waals surface area (Å²) in [6, 6.07) is 23.5. The Bertz CT molecular complexity index is 1460. The molecule has 3 aromatic carbocycles. The Morgan fingerprint density at radius 2 is 1.67 bits per heavy atom. The van der Waals surface area contributed by atoms with Crippen LogP contribution in [0.2, 0.25) is 0 Å². The first-order chi connectivity index (χ1) is 18.9. The summed E-state index contributed by atoms with van der Waals surface area (Å²) in [6.07, 6.45) is -0.311. The molecule has 2 N–H and O–H groups in total.